The van der Waals surface area contributed by atoms with Gasteiger partial charge in [0.15, 0.2) is 0 Å². The summed E-state index contributed by atoms with van der Waals surface area (Å²) in [5.74, 6) is 0.722. The van der Waals surface area contributed by atoms with Gasteiger partial charge in [0.2, 0.25) is 10.0 Å². The highest BCUT2D eigenvalue weighted by atomic mass is 32.2. The van der Waals surface area contributed by atoms with Crippen molar-refractivity contribution >= 4 is 21.1 Å². The molecule has 0 radical (unpaired) electrons. The normalized spacial score (nSPS) is 13.1. The van der Waals surface area contributed by atoms with E-state index in [1.165, 1.54) is 6.20 Å². The van der Waals surface area contributed by atoms with Crippen LogP contribution in [0, 0.1) is 0 Å². The fourth-order valence-electron chi connectivity index (χ4n) is 2.65. The molecule has 0 spiro atoms. The average Bonchev–Trinajstić information content (AvgIpc) is 3.04. The number of aromatic amines is 1. The van der Waals surface area contributed by atoms with Gasteiger partial charge in [-0.25, -0.2) is 18.1 Å². The molecule has 1 atom stereocenters. The number of hydrogen-bond acceptors (Lipinski definition) is 4. The number of benzene rings is 1. The minimum atomic E-state index is -3.63. The molecule has 1 unspecified atom stereocenters. The summed E-state index contributed by atoms with van der Waals surface area (Å²) in [5.41, 5.74) is 1.51. The van der Waals surface area contributed by atoms with Crippen LogP contribution >= 0.6 is 0 Å². The first kappa shape index (κ1) is 16.5. The van der Waals surface area contributed by atoms with Crippen LogP contribution in [0.3, 0.4) is 0 Å². The van der Waals surface area contributed by atoms with E-state index in [1.807, 2.05) is 31.2 Å². The molecule has 24 heavy (non-hydrogen) atoms. The molecule has 126 valence electrons. The van der Waals surface area contributed by atoms with Crippen molar-refractivity contribution in [3.63, 3.8) is 0 Å². The second-order valence-electron chi connectivity index (χ2n) is 5.55. The number of hydrogen-bond donors (Lipinski definition) is 2. The van der Waals surface area contributed by atoms with Gasteiger partial charge in [-0.05, 0) is 29.7 Å². The summed E-state index contributed by atoms with van der Waals surface area (Å²) in [6.07, 6.45) is 3.08. The van der Waals surface area contributed by atoms with Crippen molar-refractivity contribution in [2.45, 2.75) is 17.7 Å². The molecule has 7 heteroatoms. The van der Waals surface area contributed by atoms with Crippen molar-refractivity contribution in [2.24, 2.45) is 0 Å². The van der Waals surface area contributed by atoms with Crippen molar-refractivity contribution in [2.75, 3.05) is 13.7 Å². The fourth-order valence-corrected chi connectivity index (χ4v) is 3.94. The maximum Gasteiger partial charge on any atom is 0.242 e. The van der Waals surface area contributed by atoms with Crippen LogP contribution in [0.5, 0.6) is 5.75 Å². The van der Waals surface area contributed by atoms with Gasteiger partial charge >= 0.3 is 0 Å². The van der Waals surface area contributed by atoms with Crippen LogP contribution in [0.25, 0.3) is 11.0 Å². The summed E-state index contributed by atoms with van der Waals surface area (Å²) in [6.45, 7) is 2.23. The number of fused-ring (bicyclic) bond motifs is 1. The van der Waals surface area contributed by atoms with Gasteiger partial charge < -0.3 is 9.72 Å². The van der Waals surface area contributed by atoms with Crippen molar-refractivity contribution in [3.05, 3.63) is 54.4 Å². The van der Waals surface area contributed by atoms with E-state index in [0.29, 0.717) is 11.0 Å². The third kappa shape index (κ3) is 3.13. The smallest absolute Gasteiger partial charge is 0.242 e. The third-order valence-electron chi connectivity index (χ3n) is 3.95. The zero-order valence-corrected chi connectivity index (χ0v) is 14.3. The van der Waals surface area contributed by atoms with Gasteiger partial charge in [0, 0.05) is 24.3 Å². The Balaban J connectivity index is 1.80. The van der Waals surface area contributed by atoms with E-state index in [-0.39, 0.29) is 17.4 Å². The third-order valence-corrected chi connectivity index (χ3v) is 5.42. The molecule has 2 aromatic heterocycles. The Labute approximate surface area is 140 Å². The second-order valence-corrected chi connectivity index (χ2v) is 7.28. The van der Waals surface area contributed by atoms with E-state index in [2.05, 4.69) is 14.7 Å². The average molecular weight is 345 g/mol. The van der Waals surface area contributed by atoms with Crippen LogP contribution in [0.15, 0.2) is 53.7 Å². The van der Waals surface area contributed by atoms with Gasteiger partial charge in [-0.3, -0.25) is 0 Å². The molecule has 6 nitrogen and oxygen atoms in total. The van der Waals surface area contributed by atoms with Gasteiger partial charge in [-0.1, -0.05) is 25.1 Å². The highest BCUT2D eigenvalue weighted by molar-refractivity contribution is 7.89. The Morgan fingerprint density at radius 3 is 2.83 bits per heavy atom. The fraction of sp³-hybridized carbons (Fsp3) is 0.235. The molecule has 0 saturated heterocycles. The maximum absolute atomic E-state index is 12.6. The number of H-pyrrole nitrogens is 1. The van der Waals surface area contributed by atoms with Crippen molar-refractivity contribution < 1.29 is 13.2 Å². The van der Waals surface area contributed by atoms with Crippen LogP contribution < -0.4 is 9.46 Å². The highest BCUT2D eigenvalue weighted by Gasteiger charge is 2.21. The van der Waals surface area contributed by atoms with Crippen molar-refractivity contribution in [3.8, 4) is 5.75 Å². The van der Waals surface area contributed by atoms with Gasteiger partial charge in [-0.2, -0.15) is 0 Å². The summed E-state index contributed by atoms with van der Waals surface area (Å²) < 4.78 is 33.2. The summed E-state index contributed by atoms with van der Waals surface area (Å²) in [5, 5.41) is 0.579. The number of pyridine rings is 1. The van der Waals surface area contributed by atoms with Gasteiger partial charge in [0.25, 0.3) is 0 Å². The Bertz CT molecular complexity index is 950. The van der Waals surface area contributed by atoms with E-state index in [1.54, 1.807) is 25.4 Å². The van der Waals surface area contributed by atoms with E-state index < -0.39 is 10.0 Å². The van der Waals surface area contributed by atoms with Gasteiger partial charge in [0.05, 0.1) is 7.11 Å². The van der Waals surface area contributed by atoms with E-state index >= 15 is 0 Å². The number of para-hydroxylation sites is 1. The first-order chi connectivity index (χ1) is 11.5. The van der Waals surface area contributed by atoms with E-state index in [4.69, 9.17) is 4.74 Å². The predicted molar refractivity (Wildman–Crippen MR) is 92.7 cm³/mol. The first-order valence-electron chi connectivity index (χ1n) is 7.57. The van der Waals surface area contributed by atoms with Crippen LogP contribution in [-0.2, 0) is 10.0 Å². The molecule has 2 N–H and O–H groups in total. The first-order valence-corrected chi connectivity index (χ1v) is 9.06. The molecule has 3 aromatic rings. The van der Waals surface area contributed by atoms with Crippen LogP contribution in [0.2, 0.25) is 0 Å². The Morgan fingerprint density at radius 1 is 1.25 bits per heavy atom. The molecule has 0 aliphatic carbocycles. The molecule has 0 amide bonds. The Morgan fingerprint density at radius 2 is 2.04 bits per heavy atom. The molecule has 0 saturated carbocycles. The lowest BCUT2D eigenvalue weighted by Gasteiger charge is -2.16. The largest absolute Gasteiger partial charge is 0.496 e. The summed E-state index contributed by atoms with van der Waals surface area (Å²) in [7, 11) is -2.02. The summed E-state index contributed by atoms with van der Waals surface area (Å²) in [6, 6.07) is 11.1. The zero-order chi connectivity index (χ0) is 17.2. The second kappa shape index (κ2) is 6.62. The minimum absolute atomic E-state index is 0.0285. The Hall–Kier alpha value is -2.38. The summed E-state index contributed by atoms with van der Waals surface area (Å²) >= 11 is 0. The number of ether oxygens (including phenoxy) is 1. The zero-order valence-electron chi connectivity index (χ0n) is 13.5. The molecule has 0 fully saturated rings. The minimum Gasteiger partial charge on any atom is -0.496 e. The molecule has 0 aliphatic heterocycles. The van der Waals surface area contributed by atoms with E-state index in [9.17, 15) is 8.42 Å². The molecule has 0 aliphatic rings. The van der Waals surface area contributed by atoms with Gasteiger partial charge in [0.1, 0.15) is 16.3 Å². The lowest BCUT2D eigenvalue weighted by Crippen LogP contribution is -2.27. The van der Waals surface area contributed by atoms with Crippen LogP contribution in [-0.4, -0.2) is 32.0 Å². The number of methoxy groups -OCH3 is 1. The molecular weight excluding hydrogens is 326 g/mol. The number of aromatic nitrogens is 2. The molecule has 1 aromatic carbocycles. The Kier molecular flexibility index (Phi) is 4.55. The monoisotopic (exact) mass is 345 g/mol. The molecule has 2 heterocycles. The number of sulfonamides is 1. The van der Waals surface area contributed by atoms with Crippen molar-refractivity contribution in [1.82, 2.24) is 14.7 Å². The molecular formula is C17H19N3O3S. The summed E-state index contributed by atoms with van der Waals surface area (Å²) in [4.78, 5) is 7.20. The SMILES string of the molecule is COc1ccccc1C(C)CNS(=O)(=O)c1c[nH]c2ncccc12. The maximum atomic E-state index is 12.6. The molecule has 3 rings (SSSR count). The van der Waals surface area contributed by atoms with Gasteiger partial charge in [-0.15, -0.1) is 0 Å². The lowest BCUT2D eigenvalue weighted by molar-refractivity contribution is 0.406. The number of nitrogens with one attached hydrogen (secondary N) is 2. The molecule has 0 bridgehead atoms. The van der Waals surface area contributed by atoms with Crippen LogP contribution in [0.4, 0.5) is 0 Å². The topological polar surface area (TPSA) is 84.1 Å². The lowest BCUT2D eigenvalue weighted by atomic mass is 10.0. The van der Waals surface area contributed by atoms with E-state index in [0.717, 1.165) is 11.3 Å². The van der Waals surface area contributed by atoms with Crippen LogP contribution in [0.1, 0.15) is 18.4 Å². The highest BCUT2D eigenvalue weighted by Crippen LogP contribution is 2.26. The standard InChI is InChI=1S/C17H19N3O3S/c1-12(13-6-3-4-8-15(13)23-2)10-20-24(21,22)16-11-19-17-14(16)7-5-9-18-17/h3-9,11-12,20H,10H2,1-2H3,(H,18,19). The quantitative estimate of drug-likeness (QED) is 0.719. The van der Waals surface area contributed by atoms with Crippen molar-refractivity contribution in [1.29, 1.82) is 0 Å². The predicted octanol–water partition coefficient (Wildman–Crippen LogP) is 2.65. The number of nitrogens with zero attached hydrogens (tertiary/aromatic N) is 1. The number of rotatable bonds is 6.